The number of rotatable bonds is 4. The molecule has 1 aliphatic carbocycles. The summed E-state index contributed by atoms with van der Waals surface area (Å²) in [6.07, 6.45) is 1.97. The van der Waals surface area contributed by atoms with Crippen molar-refractivity contribution in [2.75, 3.05) is 31.5 Å². The number of anilines is 1. The van der Waals surface area contributed by atoms with E-state index in [-0.39, 0.29) is 35.4 Å². The molecule has 2 unspecified atom stereocenters. The van der Waals surface area contributed by atoms with Gasteiger partial charge in [0.05, 0.1) is 18.1 Å². The van der Waals surface area contributed by atoms with Crippen molar-refractivity contribution in [2.45, 2.75) is 6.42 Å². The fraction of sp³-hybridized carbons (Fsp3) is 0.350. The van der Waals surface area contributed by atoms with Crippen molar-refractivity contribution in [3.63, 3.8) is 0 Å². The maximum Gasteiger partial charge on any atom is 0.289 e. The minimum absolute atomic E-state index is 0.0515. The molecule has 1 aromatic carbocycles. The third-order valence-electron chi connectivity index (χ3n) is 5.17. The second-order valence-corrected chi connectivity index (χ2v) is 7.04. The molecule has 4 rings (SSSR count). The van der Waals surface area contributed by atoms with E-state index in [1.807, 2.05) is 0 Å². The summed E-state index contributed by atoms with van der Waals surface area (Å²) in [6.45, 7) is 1.75. The Morgan fingerprint density at radius 2 is 1.64 bits per heavy atom. The van der Waals surface area contributed by atoms with Gasteiger partial charge in [-0.05, 0) is 42.8 Å². The van der Waals surface area contributed by atoms with Crippen LogP contribution in [0.25, 0.3) is 0 Å². The summed E-state index contributed by atoms with van der Waals surface area (Å²) in [6, 6.07) is 8.80. The highest BCUT2D eigenvalue weighted by molar-refractivity contribution is 5.99. The van der Waals surface area contributed by atoms with Gasteiger partial charge in [0, 0.05) is 31.9 Å². The summed E-state index contributed by atoms with van der Waals surface area (Å²) in [4.78, 5) is 40.6. The van der Waals surface area contributed by atoms with E-state index >= 15 is 0 Å². The Balaban J connectivity index is 1.26. The van der Waals surface area contributed by atoms with E-state index < -0.39 is 0 Å². The van der Waals surface area contributed by atoms with Crippen molar-refractivity contribution in [2.24, 2.45) is 11.8 Å². The van der Waals surface area contributed by atoms with E-state index in [0.29, 0.717) is 44.0 Å². The molecule has 0 radical (unpaired) electrons. The first-order valence-corrected chi connectivity index (χ1v) is 9.21. The van der Waals surface area contributed by atoms with Crippen molar-refractivity contribution < 1.29 is 23.2 Å². The maximum atomic E-state index is 12.9. The molecule has 146 valence electrons. The normalized spacial score (nSPS) is 21.3. The van der Waals surface area contributed by atoms with Gasteiger partial charge in [-0.1, -0.05) is 0 Å². The highest BCUT2D eigenvalue weighted by Gasteiger charge is 2.49. The third-order valence-corrected chi connectivity index (χ3v) is 5.17. The second kappa shape index (κ2) is 7.46. The summed E-state index contributed by atoms with van der Waals surface area (Å²) in [7, 11) is 0. The van der Waals surface area contributed by atoms with Gasteiger partial charge in [-0.3, -0.25) is 14.4 Å². The van der Waals surface area contributed by atoms with Crippen LogP contribution in [0.2, 0.25) is 0 Å². The van der Waals surface area contributed by atoms with Crippen LogP contribution in [0.5, 0.6) is 0 Å². The van der Waals surface area contributed by atoms with E-state index in [1.165, 1.54) is 30.5 Å². The summed E-state index contributed by atoms with van der Waals surface area (Å²) < 4.78 is 18.1. The second-order valence-electron chi connectivity index (χ2n) is 7.04. The molecular formula is C20H20FN3O4. The van der Waals surface area contributed by atoms with Gasteiger partial charge in [-0.25, -0.2) is 4.39 Å². The maximum absolute atomic E-state index is 12.9. The number of benzene rings is 1. The Bertz CT molecular complexity index is 873. The SMILES string of the molecule is O=C(Nc1ccc(F)cc1)C1CC1C(=O)N1CCN(C(=O)c2ccco2)CC1. The van der Waals surface area contributed by atoms with Crippen LogP contribution in [0.15, 0.2) is 47.1 Å². The molecular weight excluding hydrogens is 365 g/mol. The molecule has 1 N–H and O–H groups in total. The molecule has 8 heteroatoms. The standard InChI is InChI=1S/C20H20FN3O4/c21-13-3-5-14(6-4-13)22-18(25)15-12-16(15)19(26)23-7-9-24(10-8-23)20(27)17-2-1-11-28-17/h1-6,11,15-16H,7-10,12H2,(H,22,25). The molecule has 2 heterocycles. The molecule has 2 fully saturated rings. The molecule has 1 aromatic heterocycles. The van der Waals surface area contributed by atoms with Gasteiger partial charge in [-0.2, -0.15) is 0 Å². The predicted molar refractivity (Wildman–Crippen MR) is 97.8 cm³/mol. The third kappa shape index (κ3) is 3.76. The zero-order valence-corrected chi connectivity index (χ0v) is 15.1. The number of hydrogen-bond acceptors (Lipinski definition) is 4. The molecule has 1 saturated carbocycles. The quantitative estimate of drug-likeness (QED) is 0.872. The number of nitrogens with one attached hydrogen (secondary N) is 1. The van der Waals surface area contributed by atoms with Gasteiger partial charge >= 0.3 is 0 Å². The van der Waals surface area contributed by atoms with Gasteiger partial charge in [0.2, 0.25) is 11.8 Å². The Morgan fingerprint density at radius 1 is 0.964 bits per heavy atom. The highest BCUT2D eigenvalue weighted by atomic mass is 19.1. The molecule has 0 bridgehead atoms. The van der Waals surface area contributed by atoms with Gasteiger partial charge in [0.25, 0.3) is 5.91 Å². The van der Waals surface area contributed by atoms with Gasteiger partial charge in [0.15, 0.2) is 5.76 Å². The number of amides is 3. The minimum atomic E-state index is -0.373. The molecule has 2 aliphatic rings. The van der Waals surface area contributed by atoms with Crippen molar-refractivity contribution in [3.8, 4) is 0 Å². The number of carbonyl (C=O) groups is 3. The van der Waals surface area contributed by atoms with E-state index in [1.54, 1.807) is 21.9 Å². The van der Waals surface area contributed by atoms with Crippen LogP contribution in [0.1, 0.15) is 17.0 Å². The topological polar surface area (TPSA) is 82.9 Å². The van der Waals surface area contributed by atoms with E-state index in [4.69, 9.17) is 4.42 Å². The first-order valence-electron chi connectivity index (χ1n) is 9.21. The Kier molecular flexibility index (Phi) is 4.85. The lowest BCUT2D eigenvalue weighted by molar-refractivity contribution is -0.135. The molecule has 1 aliphatic heterocycles. The van der Waals surface area contributed by atoms with Crippen molar-refractivity contribution in [1.82, 2.24) is 9.80 Å². The van der Waals surface area contributed by atoms with Gasteiger partial charge in [0.1, 0.15) is 5.82 Å². The molecule has 0 spiro atoms. The Morgan fingerprint density at radius 3 is 2.29 bits per heavy atom. The van der Waals surface area contributed by atoms with Crippen LogP contribution in [-0.2, 0) is 9.59 Å². The average Bonchev–Trinajstić information content (AvgIpc) is 3.33. The summed E-state index contributed by atoms with van der Waals surface area (Å²) in [5.74, 6) is -1.23. The number of halogens is 1. The van der Waals surface area contributed by atoms with Crippen molar-refractivity contribution in [3.05, 3.63) is 54.2 Å². The molecule has 1 saturated heterocycles. The molecule has 7 nitrogen and oxygen atoms in total. The molecule has 2 aromatic rings. The largest absolute Gasteiger partial charge is 0.459 e. The van der Waals surface area contributed by atoms with E-state index in [0.717, 1.165) is 0 Å². The molecule has 2 atom stereocenters. The van der Waals surface area contributed by atoms with Gasteiger partial charge in [-0.15, -0.1) is 0 Å². The number of hydrogen-bond donors (Lipinski definition) is 1. The summed E-state index contributed by atoms with van der Waals surface area (Å²) in [5, 5.41) is 2.72. The predicted octanol–water partition coefficient (Wildman–Crippen LogP) is 1.98. The van der Waals surface area contributed by atoms with Crippen molar-refractivity contribution in [1.29, 1.82) is 0 Å². The van der Waals surface area contributed by atoms with E-state index in [2.05, 4.69) is 5.32 Å². The average molecular weight is 385 g/mol. The Hall–Kier alpha value is -3.16. The van der Waals surface area contributed by atoms with Gasteiger partial charge < -0.3 is 19.5 Å². The fourth-order valence-electron chi connectivity index (χ4n) is 3.45. The Labute approximate surface area is 161 Å². The van der Waals surface area contributed by atoms with E-state index in [9.17, 15) is 18.8 Å². The fourth-order valence-corrected chi connectivity index (χ4v) is 3.45. The minimum Gasteiger partial charge on any atom is -0.459 e. The molecule has 3 amide bonds. The first kappa shape index (κ1) is 18.2. The smallest absolute Gasteiger partial charge is 0.289 e. The van der Waals surface area contributed by atoms with Crippen LogP contribution < -0.4 is 5.32 Å². The lowest BCUT2D eigenvalue weighted by Crippen LogP contribution is -2.51. The monoisotopic (exact) mass is 385 g/mol. The zero-order valence-electron chi connectivity index (χ0n) is 15.1. The number of nitrogens with zero attached hydrogens (tertiary/aromatic N) is 2. The first-order chi connectivity index (χ1) is 13.5. The number of piperazine rings is 1. The van der Waals surface area contributed by atoms with Crippen LogP contribution in [-0.4, -0.2) is 53.7 Å². The number of furan rings is 1. The lowest BCUT2D eigenvalue weighted by atomic mass is 10.2. The van der Waals surface area contributed by atoms with Crippen LogP contribution in [0, 0.1) is 17.7 Å². The van der Waals surface area contributed by atoms with Crippen molar-refractivity contribution >= 4 is 23.4 Å². The van der Waals surface area contributed by atoms with Crippen LogP contribution in [0.3, 0.4) is 0 Å². The zero-order chi connectivity index (χ0) is 19.7. The summed E-state index contributed by atoms with van der Waals surface area (Å²) in [5.41, 5.74) is 0.509. The highest BCUT2D eigenvalue weighted by Crippen LogP contribution is 2.41. The number of carbonyl (C=O) groups excluding carboxylic acids is 3. The summed E-state index contributed by atoms with van der Waals surface area (Å²) >= 11 is 0. The molecule has 28 heavy (non-hydrogen) atoms. The van der Waals surface area contributed by atoms with Crippen LogP contribution in [0.4, 0.5) is 10.1 Å². The van der Waals surface area contributed by atoms with Crippen LogP contribution >= 0.6 is 0 Å². The lowest BCUT2D eigenvalue weighted by Gasteiger charge is -2.34.